The maximum atomic E-state index is 13.8. The lowest BCUT2D eigenvalue weighted by molar-refractivity contribution is -0.247. The molecular weight excluding hydrogens is 633 g/mol. The Hall–Kier alpha value is -3.56. The van der Waals surface area contributed by atoms with Gasteiger partial charge in [-0.1, -0.05) is 12.1 Å². The van der Waals surface area contributed by atoms with Gasteiger partial charge in [-0.3, -0.25) is 14.4 Å². The van der Waals surface area contributed by atoms with Gasteiger partial charge in [-0.25, -0.2) is 4.98 Å². The molecule has 13 nitrogen and oxygen atoms in total. The molecular formula is C30H33Cl2N3O10. The van der Waals surface area contributed by atoms with Gasteiger partial charge in [0.15, 0.2) is 17.9 Å². The summed E-state index contributed by atoms with van der Waals surface area (Å²) in [5.41, 5.74) is 2.80. The summed E-state index contributed by atoms with van der Waals surface area (Å²) in [4.78, 5) is 44.9. The average Bonchev–Trinajstić information content (AvgIpc) is 3.48. The molecule has 1 aromatic heterocycles. The molecule has 0 amide bonds. The van der Waals surface area contributed by atoms with Gasteiger partial charge in [0.05, 0.1) is 55.0 Å². The Morgan fingerprint density at radius 1 is 1.16 bits per heavy atom. The molecule has 3 aliphatic rings. The molecule has 2 aromatic carbocycles. The molecule has 0 bridgehead atoms. The maximum absolute atomic E-state index is 13.8. The van der Waals surface area contributed by atoms with Crippen LogP contribution in [0.25, 0.3) is 0 Å². The average molecular weight is 667 g/mol. The van der Waals surface area contributed by atoms with E-state index in [1.807, 2.05) is 0 Å². The molecule has 1 saturated heterocycles. The van der Waals surface area contributed by atoms with Crippen LogP contribution in [-0.2, 0) is 27.2 Å². The van der Waals surface area contributed by atoms with Crippen LogP contribution in [0.2, 0.25) is 0 Å². The molecule has 6 rings (SSSR count). The van der Waals surface area contributed by atoms with E-state index < -0.39 is 82.6 Å². The summed E-state index contributed by atoms with van der Waals surface area (Å²) < 4.78 is 18.8. The number of rotatable bonds is 6. The fourth-order valence-corrected chi connectivity index (χ4v) is 6.30. The first-order chi connectivity index (χ1) is 20.4. The van der Waals surface area contributed by atoms with Crippen molar-refractivity contribution in [3.05, 3.63) is 70.3 Å². The van der Waals surface area contributed by atoms with Crippen molar-refractivity contribution in [1.82, 2.24) is 9.55 Å². The predicted molar refractivity (Wildman–Crippen MR) is 161 cm³/mol. The van der Waals surface area contributed by atoms with Crippen molar-refractivity contribution in [2.24, 2.45) is 5.73 Å². The van der Waals surface area contributed by atoms with Crippen molar-refractivity contribution in [1.29, 1.82) is 0 Å². The number of ether oxygens (including phenoxy) is 3. The lowest BCUT2D eigenvalue weighted by atomic mass is 9.71. The number of hydrogen-bond donors (Lipinski definition) is 5. The van der Waals surface area contributed by atoms with E-state index in [1.54, 1.807) is 13.1 Å². The molecule has 1 fully saturated rings. The van der Waals surface area contributed by atoms with E-state index in [0.29, 0.717) is 0 Å². The van der Waals surface area contributed by atoms with Gasteiger partial charge in [0, 0.05) is 54.4 Å². The van der Waals surface area contributed by atoms with Crippen LogP contribution in [0.4, 0.5) is 0 Å². The Morgan fingerprint density at radius 3 is 2.51 bits per heavy atom. The number of nitrogens with zero attached hydrogens (tertiary/aromatic N) is 2. The van der Waals surface area contributed by atoms with Gasteiger partial charge in [-0.05, 0) is 13.0 Å². The molecule has 2 aliphatic carbocycles. The lowest BCUT2D eigenvalue weighted by Gasteiger charge is -2.42. The zero-order chi connectivity index (χ0) is 30.8. The summed E-state index contributed by atoms with van der Waals surface area (Å²) in [5.74, 6) is -3.28. The zero-order valence-electron chi connectivity index (χ0n) is 24.2. The van der Waals surface area contributed by atoms with Crippen LogP contribution >= 0.6 is 24.8 Å². The number of carbonyl (C=O) groups is 3. The maximum Gasteiger partial charge on any atom is 0.202 e. The smallest absolute Gasteiger partial charge is 0.202 e. The Kier molecular flexibility index (Phi) is 9.67. The van der Waals surface area contributed by atoms with Gasteiger partial charge in [-0.2, -0.15) is 0 Å². The number of carbonyl (C=O) groups excluding carboxylic acids is 3. The number of nitrogens with two attached hydrogens (primary N) is 1. The first-order valence-electron chi connectivity index (χ1n) is 13.8. The number of aromatic hydroxyl groups is 2. The van der Waals surface area contributed by atoms with E-state index in [2.05, 4.69) is 4.98 Å². The molecule has 3 aromatic rings. The van der Waals surface area contributed by atoms with Gasteiger partial charge in [-0.15, -0.1) is 24.8 Å². The normalized spacial score (nSPS) is 26.9. The Labute approximate surface area is 269 Å². The van der Waals surface area contributed by atoms with Gasteiger partial charge in [0.1, 0.15) is 22.8 Å². The molecule has 4 unspecified atom stereocenters. The highest BCUT2D eigenvalue weighted by atomic mass is 35.5. The number of phenolic OH excluding ortho intramolecular Hbond substituents is 2. The third-order valence-electron chi connectivity index (χ3n) is 8.55. The number of halogens is 2. The number of imidazole rings is 1. The molecule has 6 atom stereocenters. The zero-order valence-corrected chi connectivity index (χ0v) is 25.8. The van der Waals surface area contributed by atoms with Crippen molar-refractivity contribution in [3.63, 3.8) is 0 Å². The van der Waals surface area contributed by atoms with Crippen molar-refractivity contribution in [2.45, 2.75) is 69.0 Å². The van der Waals surface area contributed by atoms with Crippen molar-refractivity contribution in [2.75, 3.05) is 7.11 Å². The third kappa shape index (κ3) is 5.58. The van der Waals surface area contributed by atoms with E-state index in [-0.39, 0.29) is 72.2 Å². The molecule has 15 heteroatoms. The summed E-state index contributed by atoms with van der Waals surface area (Å²) in [6, 6.07) is 3.72. The fraction of sp³-hybridized carbons (Fsp3) is 0.400. The minimum Gasteiger partial charge on any atom is -0.507 e. The second-order valence-electron chi connectivity index (χ2n) is 11.2. The Balaban J connectivity index is 0.00000230. The number of phenols is 2. The van der Waals surface area contributed by atoms with Crippen LogP contribution in [0, 0.1) is 0 Å². The SMILES string of the molecule is COc1cccc2c1C(=O)c1c(O)c3c(c(O)c1C2=O)C[C@@](O)(C(=O)Cn1ccnc1)C[C@@H]3OC1CC(N)C(O)C(C)O1.Cl.Cl. The molecule has 0 radical (unpaired) electrons. The topological polar surface area (TPSA) is 204 Å². The standard InChI is InChI=1S/C30H31N3O10.2ClH/c1-13-25(35)16(31)8-20(42-13)43-18-10-30(40,19(34)11-33-7-6-32-12-33)9-15-22(18)29(39)24-23(27(15)37)26(36)14-4-3-5-17(41-2)21(14)28(24)38;;/h3-7,12-13,16,18,20,25,35,37,39-40H,8-11,31H2,1-2H3;2*1H/t13?,16?,18-,20?,25?,30-;;/m0../s1. The second-order valence-corrected chi connectivity index (χ2v) is 11.2. The Morgan fingerprint density at radius 2 is 1.87 bits per heavy atom. The summed E-state index contributed by atoms with van der Waals surface area (Å²) in [6.07, 6.45) is -0.392. The predicted octanol–water partition coefficient (Wildman–Crippen LogP) is 1.75. The molecule has 1 aliphatic heterocycles. The lowest BCUT2D eigenvalue weighted by Crippen LogP contribution is -2.53. The quantitative estimate of drug-likeness (QED) is 0.187. The van der Waals surface area contributed by atoms with Crippen LogP contribution in [0.15, 0.2) is 36.9 Å². The number of aliphatic hydroxyl groups is 2. The van der Waals surface area contributed by atoms with Crippen LogP contribution in [-0.4, -0.2) is 84.6 Å². The highest BCUT2D eigenvalue weighted by molar-refractivity contribution is 6.31. The van der Waals surface area contributed by atoms with Crippen LogP contribution in [0.5, 0.6) is 17.2 Å². The largest absolute Gasteiger partial charge is 0.507 e. The highest BCUT2D eigenvalue weighted by Crippen LogP contribution is 2.52. The molecule has 6 N–H and O–H groups in total. The first kappa shape index (κ1) is 34.3. The van der Waals surface area contributed by atoms with Crippen LogP contribution in [0.3, 0.4) is 0 Å². The van der Waals surface area contributed by atoms with E-state index >= 15 is 0 Å². The fourth-order valence-electron chi connectivity index (χ4n) is 6.30. The molecule has 2 heterocycles. The summed E-state index contributed by atoms with van der Waals surface area (Å²) in [5, 5.41) is 45.2. The monoisotopic (exact) mass is 665 g/mol. The number of methoxy groups -OCH3 is 1. The summed E-state index contributed by atoms with van der Waals surface area (Å²) in [7, 11) is 1.34. The van der Waals surface area contributed by atoms with Gasteiger partial charge in [0.2, 0.25) is 5.78 Å². The van der Waals surface area contributed by atoms with Gasteiger partial charge in [0.25, 0.3) is 0 Å². The van der Waals surface area contributed by atoms with E-state index in [4.69, 9.17) is 19.9 Å². The Bertz CT molecular complexity index is 1640. The van der Waals surface area contributed by atoms with Crippen molar-refractivity contribution >= 4 is 42.2 Å². The number of hydrogen-bond acceptors (Lipinski definition) is 12. The molecule has 0 spiro atoms. The number of ketones is 3. The first-order valence-corrected chi connectivity index (χ1v) is 13.8. The van der Waals surface area contributed by atoms with Crippen molar-refractivity contribution < 1.29 is 49.0 Å². The number of aliphatic hydroxyl groups excluding tert-OH is 1. The van der Waals surface area contributed by atoms with Crippen LogP contribution < -0.4 is 10.5 Å². The highest BCUT2D eigenvalue weighted by Gasteiger charge is 2.50. The van der Waals surface area contributed by atoms with E-state index in [9.17, 15) is 34.8 Å². The minimum absolute atomic E-state index is 0. The summed E-state index contributed by atoms with van der Waals surface area (Å²) in [6.45, 7) is 1.35. The van der Waals surface area contributed by atoms with E-state index in [0.717, 1.165) is 0 Å². The van der Waals surface area contributed by atoms with Gasteiger partial charge >= 0.3 is 0 Å². The number of fused-ring (bicyclic) bond motifs is 3. The third-order valence-corrected chi connectivity index (χ3v) is 8.55. The second kappa shape index (κ2) is 12.7. The van der Waals surface area contributed by atoms with Crippen LogP contribution in [0.1, 0.15) is 68.8 Å². The molecule has 0 saturated carbocycles. The number of benzene rings is 2. The van der Waals surface area contributed by atoms with Gasteiger partial charge < -0.3 is 44.9 Å². The molecule has 242 valence electrons. The molecule has 45 heavy (non-hydrogen) atoms. The van der Waals surface area contributed by atoms with E-state index in [1.165, 1.54) is 42.4 Å². The number of Topliss-reactive ketones (excluding diaryl/α,β-unsaturated/α-hetero) is 1. The minimum atomic E-state index is -2.12. The number of aromatic nitrogens is 2. The van der Waals surface area contributed by atoms with Crippen molar-refractivity contribution in [3.8, 4) is 17.2 Å². The summed E-state index contributed by atoms with van der Waals surface area (Å²) >= 11 is 0.